The van der Waals surface area contributed by atoms with Crippen LogP contribution in [0.1, 0.15) is 17.1 Å². The standard InChI is InChI=1S/C14H16BrNO2/c1-10-3-5-12(18-10)9-16-8-11-4-6-14(17-2)13(15)7-11/h3-7,16H,8-9H2,1-2H3. The van der Waals surface area contributed by atoms with Crippen molar-refractivity contribution in [2.24, 2.45) is 0 Å². The number of aryl methyl sites for hydroxylation is 1. The van der Waals surface area contributed by atoms with E-state index >= 15 is 0 Å². The van der Waals surface area contributed by atoms with Crippen LogP contribution in [0.3, 0.4) is 0 Å². The lowest BCUT2D eigenvalue weighted by molar-refractivity contribution is 0.412. The lowest BCUT2D eigenvalue weighted by Crippen LogP contribution is -2.12. The van der Waals surface area contributed by atoms with Crippen LogP contribution < -0.4 is 10.1 Å². The molecule has 0 saturated heterocycles. The van der Waals surface area contributed by atoms with Crippen LogP contribution >= 0.6 is 15.9 Å². The number of furan rings is 1. The second-order valence-corrected chi connectivity index (χ2v) is 4.94. The molecule has 0 radical (unpaired) electrons. The molecule has 2 aromatic rings. The number of hydrogen-bond donors (Lipinski definition) is 1. The Kier molecular flexibility index (Phi) is 4.44. The predicted molar refractivity (Wildman–Crippen MR) is 74.7 cm³/mol. The highest BCUT2D eigenvalue weighted by Gasteiger charge is 2.02. The molecule has 1 aromatic heterocycles. The van der Waals surface area contributed by atoms with E-state index in [1.54, 1.807) is 7.11 Å². The van der Waals surface area contributed by atoms with Gasteiger partial charge in [-0.15, -0.1) is 0 Å². The van der Waals surface area contributed by atoms with E-state index in [0.29, 0.717) is 0 Å². The molecule has 2 rings (SSSR count). The Morgan fingerprint density at radius 2 is 2.06 bits per heavy atom. The van der Waals surface area contributed by atoms with Crippen molar-refractivity contribution in [1.29, 1.82) is 0 Å². The van der Waals surface area contributed by atoms with E-state index in [2.05, 4.69) is 27.3 Å². The van der Waals surface area contributed by atoms with Crippen LogP contribution in [0, 0.1) is 6.92 Å². The molecular formula is C14H16BrNO2. The molecule has 1 aromatic carbocycles. The summed E-state index contributed by atoms with van der Waals surface area (Å²) >= 11 is 3.48. The summed E-state index contributed by atoms with van der Waals surface area (Å²) in [5.41, 5.74) is 1.20. The maximum absolute atomic E-state index is 5.49. The summed E-state index contributed by atoms with van der Waals surface area (Å²) in [4.78, 5) is 0. The Morgan fingerprint density at radius 3 is 2.67 bits per heavy atom. The normalized spacial score (nSPS) is 10.6. The number of hydrogen-bond acceptors (Lipinski definition) is 3. The maximum atomic E-state index is 5.49. The van der Waals surface area contributed by atoms with Crippen molar-refractivity contribution in [3.05, 3.63) is 51.9 Å². The number of benzene rings is 1. The largest absolute Gasteiger partial charge is 0.496 e. The first kappa shape index (κ1) is 13.2. The average Bonchev–Trinajstić information content (AvgIpc) is 2.75. The van der Waals surface area contributed by atoms with Crippen LogP contribution in [0.15, 0.2) is 39.2 Å². The molecule has 0 saturated carbocycles. The van der Waals surface area contributed by atoms with Crippen LogP contribution in [0.2, 0.25) is 0 Å². The van der Waals surface area contributed by atoms with Gasteiger partial charge in [0.1, 0.15) is 17.3 Å². The Balaban J connectivity index is 1.88. The van der Waals surface area contributed by atoms with Crippen molar-refractivity contribution in [1.82, 2.24) is 5.32 Å². The second kappa shape index (κ2) is 6.07. The zero-order valence-electron chi connectivity index (χ0n) is 10.5. The van der Waals surface area contributed by atoms with Crippen LogP contribution in [0.25, 0.3) is 0 Å². The van der Waals surface area contributed by atoms with Gasteiger partial charge in [-0.2, -0.15) is 0 Å². The monoisotopic (exact) mass is 309 g/mol. The van der Waals surface area contributed by atoms with Gasteiger partial charge in [0, 0.05) is 6.54 Å². The molecule has 0 bridgehead atoms. The molecule has 0 fully saturated rings. The molecule has 1 heterocycles. The summed E-state index contributed by atoms with van der Waals surface area (Å²) in [5, 5.41) is 3.34. The molecule has 1 N–H and O–H groups in total. The van der Waals surface area contributed by atoms with Crippen LogP contribution in [0.4, 0.5) is 0 Å². The smallest absolute Gasteiger partial charge is 0.133 e. The number of methoxy groups -OCH3 is 1. The van der Waals surface area contributed by atoms with Crippen molar-refractivity contribution < 1.29 is 9.15 Å². The first-order valence-electron chi connectivity index (χ1n) is 5.77. The molecule has 0 unspecified atom stereocenters. The molecule has 18 heavy (non-hydrogen) atoms. The van der Waals surface area contributed by atoms with E-state index in [9.17, 15) is 0 Å². The molecule has 0 atom stereocenters. The summed E-state index contributed by atoms with van der Waals surface area (Å²) in [6.45, 7) is 3.48. The summed E-state index contributed by atoms with van der Waals surface area (Å²) in [6.07, 6.45) is 0. The molecule has 0 aliphatic heterocycles. The van der Waals surface area contributed by atoms with Crippen molar-refractivity contribution in [2.45, 2.75) is 20.0 Å². The molecule has 96 valence electrons. The van der Waals surface area contributed by atoms with Gasteiger partial charge in [0.05, 0.1) is 18.1 Å². The molecular weight excluding hydrogens is 294 g/mol. The fraction of sp³-hybridized carbons (Fsp3) is 0.286. The van der Waals surface area contributed by atoms with Crippen molar-refractivity contribution >= 4 is 15.9 Å². The molecule has 0 amide bonds. The molecule has 0 spiro atoms. The van der Waals surface area contributed by atoms with Gasteiger partial charge in [-0.3, -0.25) is 0 Å². The zero-order valence-corrected chi connectivity index (χ0v) is 12.1. The third-order valence-electron chi connectivity index (χ3n) is 2.64. The number of halogens is 1. The number of ether oxygens (including phenoxy) is 1. The highest BCUT2D eigenvalue weighted by Crippen LogP contribution is 2.25. The van der Waals surface area contributed by atoms with Gasteiger partial charge in [-0.1, -0.05) is 6.07 Å². The highest BCUT2D eigenvalue weighted by molar-refractivity contribution is 9.10. The Labute approximate surface area is 115 Å². The van der Waals surface area contributed by atoms with E-state index in [1.165, 1.54) is 5.56 Å². The lowest BCUT2D eigenvalue weighted by Gasteiger charge is -2.07. The first-order chi connectivity index (χ1) is 8.69. The Bertz CT molecular complexity index is 522. The molecule has 4 heteroatoms. The minimum atomic E-state index is 0.734. The topological polar surface area (TPSA) is 34.4 Å². The fourth-order valence-electron chi connectivity index (χ4n) is 1.73. The third-order valence-corrected chi connectivity index (χ3v) is 3.26. The fourth-order valence-corrected chi connectivity index (χ4v) is 2.32. The van der Waals surface area contributed by atoms with Gasteiger partial charge in [0.15, 0.2) is 0 Å². The van der Waals surface area contributed by atoms with Gasteiger partial charge < -0.3 is 14.5 Å². The van der Waals surface area contributed by atoms with Crippen molar-refractivity contribution in [3.63, 3.8) is 0 Å². The SMILES string of the molecule is COc1ccc(CNCc2ccc(C)o2)cc1Br. The van der Waals surface area contributed by atoms with E-state index in [4.69, 9.17) is 9.15 Å². The van der Waals surface area contributed by atoms with Crippen LogP contribution in [0.5, 0.6) is 5.75 Å². The first-order valence-corrected chi connectivity index (χ1v) is 6.57. The zero-order chi connectivity index (χ0) is 13.0. The van der Waals surface area contributed by atoms with Crippen LogP contribution in [-0.4, -0.2) is 7.11 Å². The van der Waals surface area contributed by atoms with Gasteiger partial charge in [0.2, 0.25) is 0 Å². The molecule has 3 nitrogen and oxygen atoms in total. The van der Waals surface area contributed by atoms with E-state index in [0.717, 1.165) is 34.8 Å². The summed E-state index contributed by atoms with van der Waals surface area (Å²) in [6, 6.07) is 10.0. The van der Waals surface area contributed by atoms with Gasteiger partial charge in [-0.05, 0) is 52.7 Å². The summed E-state index contributed by atoms with van der Waals surface area (Å²) < 4.78 is 11.7. The predicted octanol–water partition coefficient (Wildman–Crippen LogP) is 3.65. The minimum absolute atomic E-state index is 0.734. The van der Waals surface area contributed by atoms with E-state index in [-0.39, 0.29) is 0 Å². The Hall–Kier alpha value is -1.26. The van der Waals surface area contributed by atoms with Gasteiger partial charge in [0.25, 0.3) is 0 Å². The maximum Gasteiger partial charge on any atom is 0.133 e. The lowest BCUT2D eigenvalue weighted by atomic mass is 10.2. The molecule has 0 aliphatic rings. The number of rotatable bonds is 5. The molecule has 0 aliphatic carbocycles. The summed E-state index contributed by atoms with van der Waals surface area (Å²) in [7, 11) is 1.66. The highest BCUT2D eigenvalue weighted by atomic mass is 79.9. The average molecular weight is 310 g/mol. The van der Waals surface area contributed by atoms with Gasteiger partial charge >= 0.3 is 0 Å². The minimum Gasteiger partial charge on any atom is -0.496 e. The van der Waals surface area contributed by atoms with E-state index < -0.39 is 0 Å². The summed E-state index contributed by atoms with van der Waals surface area (Å²) in [5.74, 6) is 2.75. The number of nitrogens with one attached hydrogen (secondary N) is 1. The third kappa shape index (κ3) is 3.37. The second-order valence-electron chi connectivity index (χ2n) is 4.08. The van der Waals surface area contributed by atoms with E-state index in [1.807, 2.05) is 31.2 Å². The Morgan fingerprint density at radius 1 is 1.22 bits per heavy atom. The quantitative estimate of drug-likeness (QED) is 0.915. The van der Waals surface area contributed by atoms with Crippen molar-refractivity contribution in [2.75, 3.05) is 7.11 Å². The van der Waals surface area contributed by atoms with Crippen LogP contribution in [-0.2, 0) is 13.1 Å². The van der Waals surface area contributed by atoms with Gasteiger partial charge in [-0.25, -0.2) is 0 Å². The van der Waals surface area contributed by atoms with Crippen molar-refractivity contribution in [3.8, 4) is 5.75 Å².